The monoisotopic (exact) mass is 167 g/mol. The average Bonchev–Trinajstić information content (AvgIpc) is 2.43. The summed E-state index contributed by atoms with van der Waals surface area (Å²) in [5, 5.41) is 0. The van der Waals surface area contributed by atoms with Crippen molar-refractivity contribution in [2.45, 2.75) is 26.8 Å². The van der Waals surface area contributed by atoms with E-state index < -0.39 is 0 Å². The number of nitrogens with one attached hydrogen (secondary N) is 1. The molecule has 12 heavy (non-hydrogen) atoms. The minimum Gasteiger partial charge on any atom is -0.345 e. The van der Waals surface area contributed by atoms with E-state index in [0.717, 1.165) is 31.9 Å². The Hall–Kier alpha value is -0.830. The fraction of sp³-hybridized carbons (Fsp3) is 0.667. The van der Waals surface area contributed by atoms with Crippen molar-refractivity contribution in [3.63, 3.8) is 0 Å². The van der Waals surface area contributed by atoms with Gasteiger partial charge in [-0.05, 0) is 13.5 Å². The second-order valence-corrected chi connectivity index (χ2v) is 3.37. The van der Waals surface area contributed by atoms with Crippen LogP contribution in [-0.2, 0) is 13.0 Å². The number of likely N-dealkylation sites (N-methyl/N-ethyl adjacent to an activating group) is 1. The van der Waals surface area contributed by atoms with Gasteiger partial charge in [0.1, 0.15) is 5.82 Å². The quantitative estimate of drug-likeness (QED) is 0.684. The van der Waals surface area contributed by atoms with Gasteiger partial charge in [-0.2, -0.15) is 0 Å². The maximum atomic E-state index is 4.44. The molecule has 68 valence electrons. The second-order valence-electron chi connectivity index (χ2n) is 3.37. The zero-order chi connectivity index (χ0) is 8.55. The summed E-state index contributed by atoms with van der Waals surface area (Å²) in [6, 6.07) is 0. The zero-order valence-corrected chi connectivity index (χ0v) is 7.72. The first-order valence-electron chi connectivity index (χ1n) is 4.56. The Labute approximate surface area is 74.3 Å². The molecule has 1 aliphatic rings. The number of H-pyrrole nitrogens is 1. The molecule has 0 aromatic carbocycles. The van der Waals surface area contributed by atoms with Gasteiger partial charge in [0.15, 0.2) is 0 Å². The predicted molar refractivity (Wildman–Crippen MR) is 50.1 cm³/mol. The summed E-state index contributed by atoms with van der Waals surface area (Å²) < 4.78 is 0. The predicted octanol–water partition coefficient (Wildman–Crippen LogP) is 1.34. The summed E-state index contributed by atoms with van der Waals surface area (Å²) in [5.74, 6) is 1.05. The number of aromatic nitrogens is 2. The van der Waals surface area contributed by atoms with Gasteiger partial charge in [0.25, 0.3) is 0 Å². The van der Waals surface area contributed by atoms with Crippen LogP contribution >= 0.6 is 0 Å². The lowest BCUT2D eigenvalue weighted by molar-refractivity contribution is 0.263. The van der Waals surface area contributed by atoms with Gasteiger partial charge in [-0.3, -0.25) is 4.90 Å². The fourth-order valence-corrected chi connectivity index (χ4v) is 1.76. The minimum absolute atomic E-state index is 0. The van der Waals surface area contributed by atoms with E-state index in [1.54, 1.807) is 0 Å². The number of hydrogen-bond acceptors (Lipinski definition) is 2. The van der Waals surface area contributed by atoms with Crippen LogP contribution in [0.4, 0.5) is 0 Å². The highest BCUT2D eigenvalue weighted by atomic mass is 15.1. The maximum absolute atomic E-state index is 4.44. The molecule has 0 amide bonds. The Kier molecular flexibility index (Phi) is 1.89. The van der Waals surface area contributed by atoms with Crippen molar-refractivity contribution in [2.24, 2.45) is 0 Å². The molecule has 0 atom stereocenters. The Balaban J connectivity index is 0.000000845. The molecule has 1 N–H and O–H groups in total. The average molecular weight is 167 g/mol. The number of nitrogens with zero attached hydrogens (tertiary/aromatic N) is 2. The molecule has 2 rings (SSSR count). The number of imidazole rings is 1. The van der Waals surface area contributed by atoms with Crippen molar-refractivity contribution in [3.8, 4) is 0 Å². The summed E-state index contributed by atoms with van der Waals surface area (Å²) in [6.07, 6.45) is 1.10. The molecule has 0 radical (unpaired) electrons. The van der Waals surface area contributed by atoms with Gasteiger partial charge in [-0.1, -0.05) is 6.92 Å². The molecule has 1 aromatic rings. The summed E-state index contributed by atoms with van der Waals surface area (Å²) in [6.45, 7) is 7.57. The summed E-state index contributed by atoms with van der Waals surface area (Å²) in [5.41, 5.74) is 2.60. The Bertz CT molecular complexity index is 282. The molecule has 1 aromatic heterocycles. The molecule has 0 saturated heterocycles. The Morgan fingerprint density at radius 1 is 1.67 bits per heavy atom. The first-order valence-corrected chi connectivity index (χ1v) is 4.56. The van der Waals surface area contributed by atoms with Gasteiger partial charge in [0.2, 0.25) is 0 Å². The van der Waals surface area contributed by atoms with Crippen molar-refractivity contribution in [1.29, 1.82) is 0 Å². The van der Waals surface area contributed by atoms with E-state index in [0.29, 0.717) is 0 Å². The van der Waals surface area contributed by atoms with Crippen LogP contribution in [0.5, 0.6) is 0 Å². The third kappa shape index (κ3) is 1.25. The van der Waals surface area contributed by atoms with Gasteiger partial charge in [-0.25, -0.2) is 4.98 Å². The van der Waals surface area contributed by atoms with Gasteiger partial charge in [0.05, 0.1) is 11.4 Å². The van der Waals surface area contributed by atoms with Crippen LogP contribution in [0.15, 0.2) is 0 Å². The van der Waals surface area contributed by atoms with E-state index in [9.17, 15) is 0 Å². The highest BCUT2D eigenvalue weighted by molar-refractivity contribution is 5.17. The number of hydrogen-bond donors (Lipinski definition) is 1. The second kappa shape index (κ2) is 2.90. The Morgan fingerprint density at radius 3 is 3.25 bits per heavy atom. The lowest BCUT2D eigenvalue weighted by atomic mass is 10.1. The third-order valence-electron chi connectivity index (χ3n) is 2.48. The molecule has 3 nitrogen and oxygen atoms in total. The van der Waals surface area contributed by atoms with Gasteiger partial charge >= 0.3 is 0 Å². The normalized spacial score (nSPS) is 17.8. The molecular weight excluding hydrogens is 150 g/mol. The van der Waals surface area contributed by atoms with Gasteiger partial charge in [0, 0.05) is 20.9 Å². The van der Waals surface area contributed by atoms with Gasteiger partial charge in [-0.15, -0.1) is 0 Å². The van der Waals surface area contributed by atoms with Crippen LogP contribution in [-0.4, -0.2) is 28.0 Å². The lowest BCUT2D eigenvalue weighted by Gasteiger charge is -2.23. The molecule has 0 fully saturated rings. The zero-order valence-electron chi connectivity index (χ0n) is 7.72. The largest absolute Gasteiger partial charge is 0.345 e. The van der Waals surface area contributed by atoms with Crippen LogP contribution < -0.4 is 0 Å². The molecular formula is C9H17N3. The van der Waals surface area contributed by atoms with Crippen LogP contribution in [0.2, 0.25) is 0 Å². The number of aromatic amines is 1. The standard InChI is InChI=1S/C9H15N3.H2/c1-3-12-5-4-8-9(6-12)11-7(2)10-8;/h3-6H2,1-2H3,(H,10,11);1H. The number of aryl methyl sites for hydroxylation is 1. The van der Waals surface area contributed by atoms with Crippen LogP contribution in [0.3, 0.4) is 0 Å². The van der Waals surface area contributed by atoms with E-state index in [4.69, 9.17) is 0 Å². The molecule has 0 aliphatic carbocycles. The highest BCUT2D eigenvalue weighted by Crippen LogP contribution is 2.15. The van der Waals surface area contributed by atoms with Crippen molar-refractivity contribution < 1.29 is 1.43 Å². The Morgan fingerprint density at radius 2 is 2.50 bits per heavy atom. The van der Waals surface area contributed by atoms with Crippen molar-refractivity contribution >= 4 is 0 Å². The number of fused-ring (bicyclic) bond motifs is 1. The first kappa shape index (κ1) is 7.80. The topological polar surface area (TPSA) is 31.9 Å². The van der Waals surface area contributed by atoms with E-state index in [-0.39, 0.29) is 1.43 Å². The first-order chi connectivity index (χ1) is 5.79. The molecule has 1 aliphatic heterocycles. The molecule has 0 spiro atoms. The van der Waals surface area contributed by atoms with Crippen LogP contribution in [0.1, 0.15) is 25.6 Å². The van der Waals surface area contributed by atoms with Crippen LogP contribution in [0.25, 0.3) is 0 Å². The molecule has 2 heterocycles. The molecule has 0 saturated carbocycles. The minimum atomic E-state index is 0. The summed E-state index contributed by atoms with van der Waals surface area (Å²) in [7, 11) is 0. The maximum Gasteiger partial charge on any atom is 0.103 e. The van der Waals surface area contributed by atoms with E-state index in [1.807, 2.05) is 6.92 Å². The highest BCUT2D eigenvalue weighted by Gasteiger charge is 2.17. The molecule has 0 unspecified atom stereocenters. The third-order valence-corrected chi connectivity index (χ3v) is 2.48. The van der Waals surface area contributed by atoms with Crippen molar-refractivity contribution in [2.75, 3.05) is 13.1 Å². The lowest BCUT2D eigenvalue weighted by Crippen LogP contribution is -2.30. The summed E-state index contributed by atoms with van der Waals surface area (Å²) >= 11 is 0. The smallest absolute Gasteiger partial charge is 0.103 e. The number of rotatable bonds is 1. The van der Waals surface area contributed by atoms with E-state index in [1.165, 1.54) is 11.4 Å². The fourth-order valence-electron chi connectivity index (χ4n) is 1.76. The van der Waals surface area contributed by atoms with Crippen LogP contribution in [0, 0.1) is 6.92 Å². The van der Waals surface area contributed by atoms with Crippen molar-refractivity contribution in [1.82, 2.24) is 14.9 Å². The molecule has 0 bridgehead atoms. The summed E-state index contributed by atoms with van der Waals surface area (Å²) in [4.78, 5) is 10.2. The SMILES string of the molecule is CCN1CCc2nc(C)[nH]c2C1.[HH]. The van der Waals surface area contributed by atoms with Crippen molar-refractivity contribution in [3.05, 3.63) is 17.2 Å². The van der Waals surface area contributed by atoms with E-state index in [2.05, 4.69) is 21.8 Å². The molecule has 3 heteroatoms. The van der Waals surface area contributed by atoms with Gasteiger partial charge < -0.3 is 4.98 Å². The van der Waals surface area contributed by atoms with E-state index >= 15 is 0 Å².